The molecule has 0 aromatic heterocycles. The summed E-state index contributed by atoms with van der Waals surface area (Å²) in [5, 5.41) is 3.16. The molecule has 0 atom stereocenters. The fourth-order valence-corrected chi connectivity index (χ4v) is 1.60. The van der Waals surface area contributed by atoms with E-state index in [0.717, 1.165) is 18.7 Å². The first kappa shape index (κ1) is 11.1. The van der Waals surface area contributed by atoms with E-state index in [1.54, 1.807) is 7.11 Å². The molecule has 1 rings (SSSR count). The van der Waals surface area contributed by atoms with Crippen molar-refractivity contribution < 1.29 is 4.74 Å². The van der Waals surface area contributed by atoms with Crippen LogP contribution in [0.4, 0.5) is 0 Å². The second-order valence-corrected chi connectivity index (χ2v) is 3.60. The Morgan fingerprint density at radius 1 is 1.21 bits per heavy atom. The molecule has 0 amide bonds. The van der Waals surface area contributed by atoms with Crippen LogP contribution in [0.3, 0.4) is 0 Å². The normalized spacial score (nSPS) is 10.3. The average Bonchev–Trinajstić information content (AvgIpc) is 2.18. The minimum absolute atomic E-state index is 0.982. The van der Waals surface area contributed by atoms with Gasteiger partial charge >= 0.3 is 0 Å². The van der Waals surface area contributed by atoms with Crippen molar-refractivity contribution >= 4 is 0 Å². The van der Waals surface area contributed by atoms with Gasteiger partial charge in [-0.05, 0) is 56.6 Å². The Morgan fingerprint density at radius 2 is 1.93 bits per heavy atom. The predicted molar refractivity (Wildman–Crippen MR) is 60.1 cm³/mol. The quantitative estimate of drug-likeness (QED) is 0.790. The van der Waals surface area contributed by atoms with Crippen molar-refractivity contribution in [1.82, 2.24) is 5.32 Å². The van der Waals surface area contributed by atoms with E-state index in [1.165, 1.54) is 16.7 Å². The highest BCUT2D eigenvalue weighted by Crippen LogP contribution is 2.22. The molecular formula is C12H19NO. The second kappa shape index (κ2) is 5.01. The van der Waals surface area contributed by atoms with Crippen molar-refractivity contribution in [2.45, 2.75) is 20.3 Å². The van der Waals surface area contributed by atoms with Crippen LogP contribution >= 0.6 is 0 Å². The van der Waals surface area contributed by atoms with Gasteiger partial charge < -0.3 is 10.1 Å². The van der Waals surface area contributed by atoms with Gasteiger partial charge in [0.05, 0.1) is 7.11 Å². The fourth-order valence-electron chi connectivity index (χ4n) is 1.60. The summed E-state index contributed by atoms with van der Waals surface area (Å²) >= 11 is 0. The molecule has 0 aliphatic carbocycles. The van der Waals surface area contributed by atoms with Gasteiger partial charge in [0, 0.05) is 0 Å². The molecule has 1 N–H and O–H groups in total. The zero-order valence-electron chi connectivity index (χ0n) is 9.48. The van der Waals surface area contributed by atoms with Crippen LogP contribution in [0.5, 0.6) is 5.75 Å². The monoisotopic (exact) mass is 193 g/mol. The summed E-state index contributed by atoms with van der Waals surface area (Å²) in [6.45, 7) is 5.24. The van der Waals surface area contributed by atoms with Crippen molar-refractivity contribution in [3.8, 4) is 5.75 Å². The van der Waals surface area contributed by atoms with E-state index in [1.807, 2.05) is 7.05 Å². The van der Waals surface area contributed by atoms with Gasteiger partial charge in [0.25, 0.3) is 0 Å². The van der Waals surface area contributed by atoms with E-state index in [9.17, 15) is 0 Å². The maximum Gasteiger partial charge on any atom is 0.122 e. The molecule has 0 aliphatic heterocycles. The Labute approximate surface area is 86.3 Å². The minimum Gasteiger partial charge on any atom is -0.496 e. The Kier molecular flexibility index (Phi) is 3.96. The van der Waals surface area contributed by atoms with E-state index in [2.05, 4.69) is 31.3 Å². The summed E-state index contributed by atoms with van der Waals surface area (Å²) in [6, 6.07) is 4.33. The molecule has 2 nitrogen and oxygen atoms in total. The molecule has 0 bridgehead atoms. The molecule has 0 saturated carbocycles. The third kappa shape index (κ3) is 2.48. The first-order valence-electron chi connectivity index (χ1n) is 4.97. The maximum absolute atomic E-state index is 5.27. The number of benzene rings is 1. The second-order valence-electron chi connectivity index (χ2n) is 3.60. The SMILES string of the molecule is CNCCc1cc(C)c(OC)cc1C. The molecule has 14 heavy (non-hydrogen) atoms. The minimum atomic E-state index is 0.982. The number of aryl methyl sites for hydroxylation is 2. The van der Waals surface area contributed by atoms with Gasteiger partial charge in [-0.15, -0.1) is 0 Å². The predicted octanol–water partition coefficient (Wildman–Crippen LogP) is 2.07. The van der Waals surface area contributed by atoms with Gasteiger partial charge in [0.15, 0.2) is 0 Å². The molecule has 0 aliphatic rings. The highest BCUT2D eigenvalue weighted by atomic mass is 16.5. The molecule has 0 spiro atoms. The lowest BCUT2D eigenvalue weighted by atomic mass is 10.0. The van der Waals surface area contributed by atoms with Crippen molar-refractivity contribution in [1.29, 1.82) is 0 Å². The first-order chi connectivity index (χ1) is 6.69. The molecule has 0 heterocycles. The van der Waals surface area contributed by atoms with Crippen molar-refractivity contribution in [2.75, 3.05) is 20.7 Å². The summed E-state index contributed by atoms with van der Waals surface area (Å²) in [5.74, 6) is 0.982. The Bertz CT molecular complexity index is 307. The number of hydrogen-bond acceptors (Lipinski definition) is 2. The average molecular weight is 193 g/mol. The molecule has 78 valence electrons. The van der Waals surface area contributed by atoms with Crippen LogP contribution in [0.25, 0.3) is 0 Å². The molecule has 1 aromatic rings. The summed E-state index contributed by atoms with van der Waals surface area (Å²) in [5.41, 5.74) is 3.92. The maximum atomic E-state index is 5.27. The molecule has 0 fully saturated rings. The number of methoxy groups -OCH3 is 1. The summed E-state index contributed by atoms with van der Waals surface area (Å²) in [7, 11) is 3.70. The number of hydrogen-bond donors (Lipinski definition) is 1. The molecule has 0 saturated heterocycles. The van der Waals surface area contributed by atoms with Gasteiger partial charge in [-0.2, -0.15) is 0 Å². The summed E-state index contributed by atoms with van der Waals surface area (Å²) in [6.07, 6.45) is 1.08. The zero-order valence-corrected chi connectivity index (χ0v) is 9.48. The third-order valence-electron chi connectivity index (χ3n) is 2.50. The van der Waals surface area contributed by atoms with Crippen LogP contribution in [0.15, 0.2) is 12.1 Å². The lowest BCUT2D eigenvalue weighted by Gasteiger charge is -2.10. The summed E-state index contributed by atoms with van der Waals surface area (Å²) < 4.78 is 5.27. The topological polar surface area (TPSA) is 21.3 Å². The van der Waals surface area contributed by atoms with Crippen LogP contribution in [-0.4, -0.2) is 20.7 Å². The Hall–Kier alpha value is -1.02. The van der Waals surface area contributed by atoms with E-state index < -0.39 is 0 Å². The number of nitrogens with one attached hydrogen (secondary N) is 1. The molecule has 0 radical (unpaired) electrons. The van der Waals surface area contributed by atoms with Crippen molar-refractivity contribution in [3.05, 3.63) is 28.8 Å². The zero-order chi connectivity index (χ0) is 10.6. The van der Waals surface area contributed by atoms with E-state index in [4.69, 9.17) is 4.74 Å². The molecule has 0 unspecified atom stereocenters. The number of rotatable bonds is 4. The highest BCUT2D eigenvalue weighted by molar-refractivity contribution is 5.41. The number of ether oxygens (including phenoxy) is 1. The lowest BCUT2D eigenvalue weighted by molar-refractivity contribution is 0.411. The van der Waals surface area contributed by atoms with Crippen LogP contribution in [0.2, 0.25) is 0 Å². The van der Waals surface area contributed by atoms with Gasteiger partial charge in [-0.25, -0.2) is 0 Å². The lowest BCUT2D eigenvalue weighted by Crippen LogP contribution is -2.11. The first-order valence-corrected chi connectivity index (χ1v) is 4.97. The van der Waals surface area contributed by atoms with Crippen molar-refractivity contribution in [3.63, 3.8) is 0 Å². The van der Waals surface area contributed by atoms with Crippen molar-refractivity contribution in [2.24, 2.45) is 0 Å². The van der Waals surface area contributed by atoms with Gasteiger partial charge in [-0.3, -0.25) is 0 Å². The highest BCUT2D eigenvalue weighted by Gasteiger charge is 2.03. The largest absolute Gasteiger partial charge is 0.496 e. The fraction of sp³-hybridized carbons (Fsp3) is 0.500. The smallest absolute Gasteiger partial charge is 0.122 e. The van der Waals surface area contributed by atoms with E-state index >= 15 is 0 Å². The Balaban J connectivity index is 2.90. The van der Waals surface area contributed by atoms with Gasteiger partial charge in [-0.1, -0.05) is 6.07 Å². The third-order valence-corrected chi connectivity index (χ3v) is 2.50. The molecule has 2 heteroatoms. The van der Waals surface area contributed by atoms with Crippen LogP contribution < -0.4 is 10.1 Å². The molecular weight excluding hydrogens is 174 g/mol. The standard InChI is InChI=1S/C12H19NO/c1-9-8-12(14-4)10(2)7-11(9)5-6-13-3/h7-8,13H,5-6H2,1-4H3. The Morgan fingerprint density at radius 3 is 2.50 bits per heavy atom. The van der Waals surface area contributed by atoms with Crippen LogP contribution in [0.1, 0.15) is 16.7 Å². The molecule has 1 aromatic carbocycles. The van der Waals surface area contributed by atoms with Gasteiger partial charge in [0.1, 0.15) is 5.75 Å². The van der Waals surface area contributed by atoms with Crippen LogP contribution in [0, 0.1) is 13.8 Å². The summed E-state index contributed by atoms with van der Waals surface area (Å²) in [4.78, 5) is 0. The number of likely N-dealkylation sites (N-methyl/N-ethyl adjacent to an activating group) is 1. The van der Waals surface area contributed by atoms with Gasteiger partial charge in [0.2, 0.25) is 0 Å². The van der Waals surface area contributed by atoms with E-state index in [-0.39, 0.29) is 0 Å². The van der Waals surface area contributed by atoms with Crippen LogP contribution in [-0.2, 0) is 6.42 Å². The van der Waals surface area contributed by atoms with E-state index in [0.29, 0.717) is 0 Å².